The first-order valence-electron chi connectivity index (χ1n) is 16.9. The summed E-state index contributed by atoms with van der Waals surface area (Å²) in [4.78, 5) is 36.7. The maximum Gasteiger partial charge on any atom is 0.410 e. The number of nitrogens with one attached hydrogen (secondary N) is 1. The van der Waals surface area contributed by atoms with Gasteiger partial charge in [0.05, 0.1) is 35.2 Å². The predicted octanol–water partition coefficient (Wildman–Crippen LogP) is 7.45. The van der Waals surface area contributed by atoms with E-state index in [1.807, 2.05) is 52.0 Å². The number of likely N-dealkylation sites (N-methyl/N-ethyl adjacent to an activating group) is 1. The van der Waals surface area contributed by atoms with Gasteiger partial charge in [-0.2, -0.15) is 0 Å². The lowest BCUT2D eigenvalue weighted by atomic mass is 10.0. The molecule has 0 aliphatic carbocycles. The van der Waals surface area contributed by atoms with E-state index in [9.17, 15) is 9.59 Å². The van der Waals surface area contributed by atoms with E-state index in [1.54, 1.807) is 14.0 Å². The van der Waals surface area contributed by atoms with E-state index in [0.29, 0.717) is 71.0 Å². The molecule has 0 radical (unpaired) electrons. The Balaban J connectivity index is 1.66. The first-order valence-corrected chi connectivity index (χ1v) is 19.8. The Bertz CT molecular complexity index is 1590. The van der Waals surface area contributed by atoms with Crippen LogP contribution in [0.1, 0.15) is 76.2 Å². The van der Waals surface area contributed by atoms with Crippen LogP contribution in [0.5, 0.6) is 5.75 Å². The van der Waals surface area contributed by atoms with E-state index in [4.69, 9.17) is 33.1 Å². The number of hydrogen-bond acceptors (Lipinski definition) is 11. The second kappa shape index (κ2) is 15.4. The molecular weight excluding hydrogens is 643 g/mol. The Kier molecular flexibility index (Phi) is 11.9. The van der Waals surface area contributed by atoms with Gasteiger partial charge < -0.3 is 33.4 Å². The first-order chi connectivity index (χ1) is 22.9. The van der Waals surface area contributed by atoms with Crippen LogP contribution < -0.4 is 10.1 Å². The summed E-state index contributed by atoms with van der Waals surface area (Å²) in [5.74, 6) is 2.01. The number of aromatic nitrogens is 3. The molecule has 1 amide bonds. The summed E-state index contributed by atoms with van der Waals surface area (Å²) < 4.78 is 29.7. The van der Waals surface area contributed by atoms with Gasteiger partial charge in [0.15, 0.2) is 20.4 Å². The Labute approximate surface area is 291 Å². The average molecular weight is 696 g/mol. The van der Waals surface area contributed by atoms with Crippen LogP contribution in [0, 0.1) is 13.8 Å². The van der Waals surface area contributed by atoms with E-state index in [-0.39, 0.29) is 17.7 Å². The minimum absolute atomic E-state index is 0.0456. The summed E-state index contributed by atoms with van der Waals surface area (Å²) >= 11 is 0. The normalized spacial score (nSPS) is 15.1. The molecule has 3 heterocycles. The van der Waals surface area contributed by atoms with Crippen molar-refractivity contribution in [3.8, 4) is 28.4 Å². The van der Waals surface area contributed by atoms with E-state index in [2.05, 4.69) is 44.3 Å². The van der Waals surface area contributed by atoms with Crippen molar-refractivity contribution in [2.24, 2.45) is 0 Å². The number of carbonyl (C=O) groups is 2. The Morgan fingerprint density at radius 2 is 1.82 bits per heavy atom. The average Bonchev–Trinajstić information content (AvgIpc) is 3.35. The van der Waals surface area contributed by atoms with Crippen LogP contribution in [0.3, 0.4) is 0 Å². The molecule has 4 rings (SSSR count). The highest BCUT2D eigenvalue weighted by molar-refractivity contribution is 6.74. The fourth-order valence-corrected chi connectivity index (χ4v) is 6.55. The minimum atomic E-state index is -2.23. The van der Waals surface area contributed by atoms with Crippen LogP contribution in [0.4, 0.5) is 10.6 Å². The quantitative estimate of drug-likeness (QED) is 0.149. The fraction of sp³-hybridized carbons (Fsp3) is 0.583. The zero-order valence-electron chi connectivity index (χ0n) is 30.9. The number of aryl methyl sites for hydroxylation is 2. The van der Waals surface area contributed by atoms with Crippen LogP contribution in [0.15, 0.2) is 28.8 Å². The molecular formula is C36H53N5O7Si. The van der Waals surface area contributed by atoms with Crippen molar-refractivity contribution >= 4 is 26.5 Å². The molecule has 3 aromatic rings. The lowest BCUT2D eigenvalue weighted by Crippen LogP contribution is -2.49. The number of anilines is 1. The second-order valence-corrected chi connectivity index (χ2v) is 20.0. The topological polar surface area (TPSA) is 138 Å². The number of aldehydes is 1. The summed E-state index contributed by atoms with van der Waals surface area (Å²) in [5.41, 5.74) is 2.17. The summed E-state index contributed by atoms with van der Waals surface area (Å²) in [7, 11) is -0.521. The summed E-state index contributed by atoms with van der Waals surface area (Å²) in [6.45, 7) is 21.8. The molecule has 1 saturated heterocycles. The molecule has 1 aliphatic rings. The van der Waals surface area contributed by atoms with Gasteiger partial charge in [0.2, 0.25) is 0 Å². The van der Waals surface area contributed by atoms with Crippen molar-refractivity contribution in [2.75, 3.05) is 38.7 Å². The third-order valence-electron chi connectivity index (χ3n) is 8.87. The largest absolute Gasteiger partial charge is 0.491 e. The molecule has 268 valence electrons. The lowest BCUT2D eigenvalue weighted by Gasteiger charge is -2.40. The van der Waals surface area contributed by atoms with Gasteiger partial charge in [-0.1, -0.05) is 38.1 Å². The van der Waals surface area contributed by atoms with Gasteiger partial charge in [0.1, 0.15) is 29.5 Å². The molecule has 1 atom stereocenters. The maximum absolute atomic E-state index is 12.8. The number of amides is 1. The number of ether oxygens (including phenoxy) is 3. The van der Waals surface area contributed by atoms with E-state index in [0.717, 1.165) is 19.1 Å². The number of carbonyl (C=O) groups excluding carboxylic acids is 2. The highest BCUT2D eigenvalue weighted by Gasteiger charge is 2.40. The summed E-state index contributed by atoms with van der Waals surface area (Å²) in [5, 5.41) is 7.55. The third kappa shape index (κ3) is 9.89. The molecule has 1 unspecified atom stereocenters. The molecule has 1 fully saturated rings. The van der Waals surface area contributed by atoms with Crippen LogP contribution in [-0.4, -0.2) is 91.9 Å². The maximum atomic E-state index is 12.8. The Morgan fingerprint density at radius 3 is 2.41 bits per heavy atom. The van der Waals surface area contributed by atoms with E-state index in [1.165, 1.54) is 4.90 Å². The Hall–Kier alpha value is -3.81. The number of hydrogen-bond donors (Lipinski definition) is 1. The van der Waals surface area contributed by atoms with Crippen LogP contribution in [-0.2, 0) is 13.9 Å². The van der Waals surface area contributed by atoms with Gasteiger partial charge in [0.25, 0.3) is 0 Å². The molecule has 1 N–H and O–H groups in total. The molecule has 13 heteroatoms. The zero-order chi connectivity index (χ0) is 36.1. The fourth-order valence-electron chi connectivity index (χ4n) is 5.22. The van der Waals surface area contributed by atoms with Crippen molar-refractivity contribution < 1.29 is 32.7 Å². The van der Waals surface area contributed by atoms with Crippen molar-refractivity contribution in [1.29, 1.82) is 0 Å². The summed E-state index contributed by atoms with van der Waals surface area (Å²) in [6.07, 6.45) is 1.54. The third-order valence-corrected chi connectivity index (χ3v) is 13.4. The first kappa shape index (κ1) is 38.0. The molecule has 1 aliphatic heterocycles. The van der Waals surface area contributed by atoms with Crippen molar-refractivity contribution in [3.63, 3.8) is 0 Å². The van der Waals surface area contributed by atoms with Gasteiger partial charge in [0, 0.05) is 31.9 Å². The zero-order valence-corrected chi connectivity index (χ0v) is 31.9. The molecule has 1 aromatic carbocycles. The molecule has 0 saturated carbocycles. The van der Waals surface area contributed by atoms with E-state index >= 15 is 0 Å². The standard InChI is InChI=1S/C36H53N5O7Si/c1-23-30(24(2)47-40-23)31-29(21-42)33(37-26-15-17-44-18-16-26)39-32(38-31)25-13-12-14-27(19-25)45-22-28(48-49(10,11)36(6,7)8)20-41(9)34(43)46-35(3,4)5/h12-14,19,21,26,28H,15-18,20,22H2,1-11H3,(H,37,38,39). The van der Waals surface area contributed by atoms with Crippen LogP contribution in [0.2, 0.25) is 18.1 Å². The molecule has 0 bridgehead atoms. The highest BCUT2D eigenvalue weighted by Crippen LogP contribution is 2.38. The number of benzene rings is 1. The number of nitrogens with zero attached hydrogens (tertiary/aromatic N) is 4. The molecule has 2 aromatic heterocycles. The second-order valence-electron chi connectivity index (χ2n) is 15.2. The van der Waals surface area contributed by atoms with Gasteiger partial charge in [-0.3, -0.25) is 4.79 Å². The molecule has 49 heavy (non-hydrogen) atoms. The van der Waals surface area contributed by atoms with Crippen LogP contribution >= 0.6 is 0 Å². The molecule has 12 nitrogen and oxygen atoms in total. The minimum Gasteiger partial charge on any atom is -0.491 e. The SMILES string of the molecule is Cc1noc(C)c1-c1nc(-c2cccc(OCC(CN(C)C(=O)OC(C)(C)C)O[Si](C)(C)C(C)(C)C)c2)nc(NC2CCOCC2)c1C=O. The molecule has 0 spiro atoms. The smallest absolute Gasteiger partial charge is 0.410 e. The van der Waals surface area contributed by atoms with Gasteiger partial charge in [-0.05, 0) is 77.7 Å². The summed E-state index contributed by atoms with van der Waals surface area (Å²) in [6, 6.07) is 7.60. The van der Waals surface area contributed by atoms with Crippen LogP contribution in [0.25, 0.3) is 22.6 Å². The Morgan fingerprint density at radius 1 is 1.12 bits per heavy atom. The van der Waals surface area contributed by atoms with Crippen molar-refractivity contribution in [3.05, 3.63) is 41.3 Å². The van der Waals surface area contributed by atoms with Gasteiger partial charge >= 0.3 is 6.09 Å². The predicted molar refractivity (Wildman–Crippen MR) is 192 cm³/mol. The highest BCUT2D eigenvalue weighted by atomic mass is 28.4. The lowest BCUT2D eigenvalue weighted by molar-refractivity contribution is 0.0172. The van der Waals surface area contributed by atoms with Crippen molar-refractivity contribution in [2.45, 2.75) is 104 Å². The number of rotatable bonds is 12. The van der Waals surface area contributed by atoms with Gasteiger partial charge in [-0.25, -0.2) is 14.8 Å². The van der Waals surface area contributed by atoms with Gasteiger partial charge in [-0.15, -0.1) is 0 Å². The monoisotopic (exact) mass is 695 g/mol. The van der Waals surface area contributed by atoms with E-state index < -0.39 is 26.1 Å². The van der Waals surface area contributed by atoms with Crippen molar-refractivity contribution in [1.82, 2.24) is 20.0 Å².